The average Bonchev–Trinajstić information content (AvgIpc) is 0.783. The third kappa shape index (κ3) is 35.1. The Labute approximate surface area is 691 Å². The normalized spacial score (nSPS) is 8.96. The lowest BCUT2D eigenvalue weighted by atomic mass is 9.94. The largest absolute Gasteiger partial charge is 0.265 e. The van der Waals surface area contributed by atoms with E-state index in [0.29, 0.717) is 0 Å². The molecule has 5 aromatic heterocycles. The van der Waals surface area contributed by atoms with Crippen molar-refractivity contribution in [1.29, 1.82) is 0 Å². The first-order valence-electron chi connectivity index (χ1n) is 42.0. The van der Waals surface area contributed by atoms with Gasteiger partial charge in [-0.1, -0.05) is 370 Å². The van der Waals surface area contributed by atoms with Crippen LogP contribution in [0, 0.1) is 55.4 Å². The van der Waals surface area contributed by atoms with Crippen LogP contribution in [-0.4, -0.2) is 34.9 Å². The highest BCUT2D eigenvalue weighted by molar-refractivity contribution is 6.20. The summed E-state index contributed by atoms with van der Waals surface area (Å²) in [5.74, 6) is 0.822. The van der Waals surface area contributed by atoms with Crippen LogP contribution in [0.5, 0.6) is 0 Å². The molecule has 12 aromatic carbocycles. The quantitative estimate of drug-likeness (QED) is 0.140. The summed E-state index contributed by atoms with van der Waals surface area (Å²) in [6.45, 7) is 60.3. The molecular weight excluding hydrogens is 1380 g/mol. The van der Waals surface area contributed by atoms with Crippen molar-refractivity contribution in [1.82, 2.24) is 34.9 Å². The van der Waals surface area contributed by atoms with Crippen molar-refractivity contribution in [3.8, 4) is 0 Å². The van der Waals surface area contributed by atoms with Crippen molar-refractivity contribution >= 4 is 97.0 Å². The van der Waals surface area contributed by atoms with Crippen LogP contribution in [-0.2, 0) is 0 Å². The Balaban J connectivity index is 0. The van der Waals surface area contributed by atoms with Crippen LogP contribution in [0.2, 0.25) is 0 Å². The minimum atomic E-state index is 0.822. The first kappa shape index (κ1) is 105. The zero-order chi connectivity index (χ0) is 86.0. The van der Waals surface area contributed by atoms with E-state index in [1.54, 1.807) is 61.8 Å². The fourth-order valence-electron chi connectivity index (χ4n) is 11.1. The Hall–Kier alpha value is -11.4. The number of rotatable bonds is 0. The smallest absolute Gasteiger partial charge is 0.125 e. The number of aromatic nitrogens is 7. The predicted octanol–water partition coefficient (Wildman–Crippen LogP) is 33.4. The molecule has 0 aliphatic carbocycles. The number of aryl methyl sites for hydroxylation is 8. The maximum absolute atomic E-state index is 3.98. The van der Waals surface area contributed by atoms with Gasteiger partial charge >= 0.3 is 0 Å². The molecule has 114 heavy (non-hydrogen) atoms. The first-order valence-corrected chi connectivity index (χ1v) is 42.0. The average molecular weight is 1530 g/mol. The van der Waals surface area contributed by atoms with Gasteiger partial charge in [-0.25, -0.2) is 9.97 Å². The van der Waals surface area contributed by atoms with Gasteiger partial charge in [0, 0.05) is 67.7 Å². The lowest BCUT2D eigenvalue weighted by Gasteiger charge is -2.10. The molecule has 0 aliphatic heterocycles. The summed E-state index contributed by atoms with van der Waals surface area (Å²) in [5, 5.41) is 24.1. The molecule has 0 unspecified atom stereocenters. The fraction of sp³-hybridized carbons (Fsp3) is 0.280. The van der Waals surface area contributed by atoms with E-state index in [-0.39, 0.29) is 0 Å². The standard InChI is InChI=1S/3C19H14.3C6H7N.2C5H6N2.11C2H6/c1-13-12-19-16-8-3-2-6-14(16)10-11-18(19)17-9-5-4-7-15(13)17;1-13-5-4-8-17-15(13)11-12-18-16-7-3-2-6-14(16)9-10-19(17)18;1-13-6-9-17-15(12-13)8-11-18-16-5-3-2-4-14(16)7-10-19(17)18;1-6-2-4-7-5-3-6;1-6-3-2-4-7-5-6;1-6-4-2-3-5-7-6;1-5-4-6-2-3-7-5;1-5-6-3-2-4-7-5;11*1-2/h3*2-12H,1H3;3*2-5H,1H3;2*2-4H,1H3;11*1-2H3. The predicted molar refractivity (Wildman–Crippen MR) is 516 cm³/mol. The van der Waals surface area contributed by atoms with E-state index in [1.165, 1.54) is 125 Å². The molecule has 0 N–H and O–H groups in total. The summed E-state index contributed by atoms with van der Waals surface area (Å²) >= 11 is 0. The van der Waals surface area contributed by atoms with Crippen LogP contribution in [0.4, 0.5) is 0 Å². The van der Waals surface area contributed by atoms with E-state index in [9.17, 15) is 0 Å². The van der Waals surface area contributed by atoms with Crippen LogP contribution in [0.3, 0.4) is 0 Å². The molecule has 17 rings (SSSR count). The van der Waals surface area contributed by atoms with Gasteiger partial charge in [0.15, 0.2) is 0 Å². The van der Waals surface area contributed by atoms with Gasteiger partial charge in [-0.15, -0.1) is 0 Å². The molecule has 0 spiro atoms. The topological polar surface area (TPSA) is 90.2 Å². The zero-order valence-electron chi connectivity index (χ0n) is 75.6. The Kier molecular flexibility index (Phi) is 60.8. The van der Waals surface area contributed by atoms with Gasteiger partial charge in [-0.05, 0) is 211 Å². The summed E-state index contributed by atoms with van der Waals surface area (Å²) in [7, 11) is 0. The molecule has 0 radical (unpaired) electrons. The van der Waals surface area contributed by atoms with E-state index in [2.05, 4.69) is 256 Å². The van der Waals surface area contributed by atoms with Gasteiger partial charge in [0.05, 0.1) is 5.69 Å². The number of hydrogen-bond donors (Lipinski definition) is 0. The van der Waals surface area contributed by atoms with Gasteiger partial charge in [-0.3, -0.25) is 24.9 Å². The maximum Gasteiger partial charge on any atom is 0.125 e. The number of nitrogens with zero attached hydrogens (tertiary/aromatic N) is 7. The van der Waals surface area contributed by atoms with Gasteiger partial charge in [0.1, 0.15) is 5.82 Å². The Morgan fingerprint density at radius 3 is 0.904 bits per heavy atom. The number of fused-ring (bicyclic) bond motifs is 15. The summed E-state index contributed by atoms with van der Waals surface area (Å²) in [4.78, 5) is 27.2. The first-order chi connectivity index (χ1) is 56.0. The highest BCUT2D eigenvalue weighted by Gasteiger charge is 2.09. The van der Waals surface area contributed by atoms with Gasteiger partial charge in [0.25, 0.3) is 0 Å². The molecule has 0 saturated heterocycles. The lowest BCUT2D eigenvalue weighted by molar-refractivity contribution is 1.05. The molecule has 604 valence electrons. The molecule has 7 heteroatoms. The summed E-state index contributed by atoms with van der Waals surface area (Å²) < 4.78 is 0. The molecule has 5 heterocycles. The molecule has 0 bridgehead atoms. The van der Waals surface area contributed by atoms with Crippen LogP contribution < -0.4 is 0 Å². The Morgan fingerprint density at radius 1 is 0.167 bits per heavy atom. The highest BCUT2D eigenvalue weighted by atomic mass is 14.8. The van der Waals surface area contributed by atoms with Crippen LogP contribution in [0.15, 0.2) is 311 Å². The second kappa shape index (κ2) is 66.2. The third-order valence-corrected chi connectivity index (χ3v) is 15.7. The Morgan fingerprint density at radius 2 is 0.526 bits per heavy atom. The van der Waals surface area contributed by atoms with Gasteiger partial charge < -0.3 is 0 Å². The molecule has 0 atom stereocenters. The molecule has 17 aromatic rings. The van der Waals surface area contributed by atoms with Gasteiger partial charge in [0.2, 0.25) is 0 Å². The second-order valence-electron chi connectivity index (χ2n) is 22.6. The summed E-state index contributed by atoms with van der Waals surface area (Å²) in [5.41, 5.74) is 8.50. The van der Waals surface area contributed by atoms with Crippen molar-refractivity contribution in [2.75, 3.05) is 0 Å². The van der Waals surface area contributed by atoms with Crippen LogP contribution in [0.25, 0.3) is 97.0 Å². The van der Waals surface area contributed by atoms with Crippen molar-refractivity contribution in [2.45, 2.75) is 208 Å². The van der Waals surface area contributed by atoms with Crippen molar-refractivity contribution in [3.63, 3.8) is 0 Å². The minimum absolute atomic E-state index is 0.822. The number of hydrogen-bond acceptors (Lipinski definition) is 7. The lowest BCUT2D eigenvalue weighted by Crippen LogP contribution is -1.83. The summed E-state index contributed by atoms with van der Waals surface area (Å²) in [6, 6.07) is 87.9. The van der Waals surface area contributed by atoms with Crippen LogP contribution >= 0.6 is 0 Å². The van der Waals surface area contributed by atoms with Crippen molar-refractivity contribution in [2.24, 2.45) is 0 Å². The Bertz CT molecular complexity index is 4940. The minimum Gasteiger partial charge on any atom is -0.265 e. The molecule has 0 fully saturated rings. The van der Waals surface area contributed by atoms with E-state index < -0.39 is 0 Å². The monoisotopic (exact) mass is 1520 g/mol. The highest BCUT2D eigenvalue weighted by Crippen LogP contribution is 2.35. The fourth-order valence-corrected chi connectivity index (χ4v) is 11.1. The van der Waals surface area contributed by atoms with Crippen LogP contribution in [0.1, 0.15) is 197 Å². The van der Waals surface area contributed by atoms with E-state index in [0.717, 1.165) is 17.2 Å². The third-order valence-electron chi connectivity index (χ3n) is 15.7. The van der Waals surface area contributed by atoms with Gasteiger partial charge in [-0.2, -0.15) is 0 Å². The number of benzene rings is 12. The second-order valence-corrected chi connectivity index (χ2v) is 22.6. The van der Waals surface area contributed by atoms with Crippen molar-refractivity contribution < 1.29 is 0 Å². The summed E-state index contributed by atoms with van der Waals surface area (Å²) in [6.07, 6.45) is 17.5. The van der Waals surface area contributed by atoms with Crippen molar-refractivity contribution in [3.05, 3.63) is 356 Å². The SMILES string of the molecule is CC.CC.CC.CC.CC.CC.CC.CC.CC.CC.CC.Cc1cc2c3ccccc3ccc2c2ccccc12.Cc1ccc2c(ccc3c4ccccc4ccc23)c1.Cc1cccc2c1ccc1c3ccccc3ccc21.Cc1ccccn1.Cc1cccnc1.Cc1ccncc1.Cc1cnccn1.Cc1ncccn1. The van der Waals surface area contributed by atoms with E-state index in [1.807, 2.05) is 236 Å². The van der Waals surface area contributed by atoms with E-state index >= 15 is 0 Å². The molecular formula is C107H141N7. The molecule has 0 saturated carbocycles. The molecule has 0 aliphatic rings. The molecule has 0 amide bonds. The van der Waals surface area contributed by atoms with E-state index in [4.69, 9.17) is 0 Å². The number of pyridine rings is 3. The molecule has 7 nitrogen and oxygen atoms in total. The zero-order valence-corrected chi connectivity index (χ0v) is 75.6. The maximum atomic E-state index is 3.98.